The molecule has 13 aromatic rings. The molecular formula is C63H39N3O2. The zero-order chi connectivity index (χ0) is 45.0. The Kier molecular flexibility index (Phi) is 9.43. The fourth-order valence-corrected chi connectivity index (χ4v) is 9.64. The van der Waals surface area contributed by atoms with Gasteiger partial charge < -0.3 is 8.83 Å². The Balaban J connectivity index is 0.874. The van der Waals surface area contributed by atoms with E-state index in [1.165, 1.54) is 0 Å². The molecule has 0 aliphatic carbocycles. The van der Waals surface area contributed by atoms with Gasteiger partial charge in [0.05, 0.1) is 28.0 Å². The number of aromatic nitrogens is 3. The molecule has 68 heavy (non-hydrogen) atoms. The summed E-state index contributed by atoms with van der Waals surface area (Å²) in [6, 6.07) is 81.9. The smallest absolute Gasteiger partial charge is 0.160 e. The molecule has 4 aromatic heterocycles. The van der Waals surface area contributed by atoms with Crippen molar-refractivity contribution in [3.63, 3.8) is 0 Å². The average molecular weight is 870 g/mol. The first-order chi connectivity index (χ1) is 33.7. The van der Waals surface area contributed by atoms with Crippen LogP contribution < -0.4 is 0 Å². The van der Waals surface area contributed by atoms with Gasteiger partial charge in [0, 0.05) is 49.5 Å². The monoisotopic (exact) mass is 869 g/mol. The second-order valence-corrected chi connectivity index (χ2v) is 17.1. The molecule has 5 heteroatoms. The lowest BCUT2D eigenvalue weighted by Gasteiger charge is -2.12. The van der Waals surface area contributed by atoms with Gasteiger partial charge in [0.2, 0.25) is 0 Å². The Morgan fingerprint density at radius 3 is 1.59 bits per heavy atom. The van der Waals surface area contributed by atoms with Gasteiger partial charge in [-0.05, 0) is 64.2 Å². The largest absolute Gasteiger partial charge is 0.456 e. The normalized spacial score (nSPS) is 11.5. The summed E-state index contributed by atoms with van der Waals surface area (Å²) in [5.74, 6) is 1.51. The molecular weight excluding hydrogens is 831 g/mol. The zero-order valence-electron chi connectivity index (χ0n) is 36.7. The number of hydrogen-bond donors (Lipinski definition) is 0. The van der Waals surface area contributed by atoms with Crippen LogP contribution in [0.3, 0.4) is 0 Å². The topological polar surface area (TPSA) is 65.0 Å². The summed E-state index contributed by atoms with van der Waals surface area (Å²) in [7, 11) is 0. The summed E-state index contributed by atoms with van der Waals surface area (Å²) >= 11 is 0. The van der Waals surface area contributed by atoms with Crippen molar-refractivity contribution in [2.24, 2.45) is 0 Å². The highest BCUT2D eigenvalue weighted by Crippen LogP contribution is 2.47. The van der Waals surface area contributed by atoms with Gasteiger partial charge in [0.15, 0.2) is 5.82 Å². The fourth-order valence-electron chi connectivity index (χ4n) is 9.64. The number of rotatable bonds is 8. The summed E-state index contributed by atoms with van der Waals surface area (Å²) in [6.45, 7) is 0. The van der Waals surface area contributed by atoms with Gasteiger partial charge in [-0.3, -0.25) is 0 Å². The number of nitrogens with zero attached hydrogens (tertiary/aromatic N) is 3. The van der Waals surface area contributed by atoms with E-state index >= 15 is 0 Å². The Bertz CT molecular complexity index is 3990. The van der Waals surface area contributed by atoms with E-state index in [2.05, 4.69) is 176 Å². The molecule has 0 fully saturated rings. The molecule has 0 aliphatic heterocycles. The van der Waals surface area contributed by atoms with Crippen LogP contribution in [0.25, 0.3) is 134 Å². The maximum atomic E-state index is 6.92. The van der Waals surface area contributed by atoms with E-state index in [0.29, 0.717) is 5.82 Å². The Hall–Kier alpha value is -9.19. The lowest BCUT2D eigenvalue weighted by molar-refractivity contribution is 0.636. The summed E-state index contributed by atoms with van der Waals surface area (Å²) in [5.41, 5.74) is 17.6. The number of pyridine rings is 1. The van der Waals surface area contributed by atoms with Crippen LogP contribution in [0.1, 0.15) is 0 Å². The first kappa shape index (κ1) is 39.2. The first-order valence-electron chi connectivity index (χ1n) is 22.8. The molecule has 0 aliphatic rings. The van der Waals surface area contributed by atoms with Crippen molar-refractivity contribution < 1.29 is 8.83 Å². The van der Waals surface area contributed by atoms with Crippen LogP contribution in [0.4, 0.5) is 0 Å². The third kappa shape index (κ3) is 6.84. The van der Waals surface area contributed by atoms with Crippen LogP contribution >= 0.6 is 0 Å². The third-order valence-electron chi connectivity index (χ3n) is 12.9. The van der Waals surface area contributed by atoms with Crippen LogP contribution in [-0.4, -0.2) is 15.0 Å². The molecule has 0 amide bonds. The third-order valence-corrected chi connectivity index (χ3v) is 12.9. The Morgan fingerprint density at radius 1 is 0.309 bits per heavy atom. The van der Waals surface area contributed by atoms with Crippen molar-refractivity contribution in [3.05, 3.63) is 237 Å². The van der Waals surface area contributed by atoms with E-state index in [1.54, 1.807) is 0 Å². The predicted molar refractivity (Wildman–Crippen MR) is 278 cm³/mol. The highest BCUT2D eigenvalue weighted by molar-refractivity contribution is 6.17. The van der Waals surface area contributed by atoms with Crippen molar-refractivity contribution in [1.29, 1.82) is 0 Å². The van der Waals surface area contributed by atoms with Gasteiger partial charge in [-0.2, -0.15) is 0 Å². The second kappa shape index (κ2) is 16.4. The summed E-state index contributed by atoms with van der Waals surface area (Å²) < 4.78 is 13.2. The zero-order valence-corrected chi connectivity index (χ0v) is 36.7. The highest BCUT2D eigenvalue weighted by atomic mass is 16.3. The summed E-state index contributed by atoms with van der Waals surface area (Å²) in [5, 5.41) is 4.20. The van der Waals surface area contributed by atoms with E-state index in [0.717, 1.165) is 128 Å². The standard InChI is InChI=1S/C63H39N3O2/c1-4-16-43(17-5-1)57-59-60(64-52-27-12-10-24-50(52)62(59)68-61(57)45-18-6-2-7-19-45)44-36-32-41(33-37-44)40-30-34-42(35-31-40)53-39-54(66-63(65-53)46-20-8-3-9-21-46)48-23-14-22-47(38-48)49-26-15-29-56-58(49)51-25-11-13-28-55(51)67-56/h1-39H. The molecule has 0 atom stereocenters. The number of furan rings is 2. The summed E-state index contributed by atoms with van der Waals surface area (Å²) in [4.78, 5) is 15.7. The first-order valence-corrected chi connectivity index (χ1v) is 22.8. The lowest BCUT2D eigenvalue weighted by atomic mass is 9.94. The van der Waals surface area contributed by atoms with Gasteiger partial charge in [-0.1, -0.05) is 200 Å². The maximum absolute atomic E-state index is 6.92. The van der Waals surface area contributed by atoms with Crippen LogP contribution in [-0.2, 0) is 0 Å². The van der Waals surface area contributed by atoms with Crippen molar-refractivity contribution in [1.82, 2.24) is 15.0 Å². The van der Waals surface area contributed by atoms with Gasteiger partial charge in [-0.15, -0.1) is 0 Å². The van der Waals surface area contributed by atoms with Crippen molar-refractivity contribution >= 4 is 43.8 Å². The fraction of sp³-hybridized carbons (Fsp3) is 0. The van der Waals surface area contributed by atoms with Crippen molar-refractivity contribution in [2.45, 2.75) is 0 Å². The molecule has 0 saturated heterocycles. The Morgan fingerprint density at radius 2 is 0.853 bits per heavy atom. The van der Waals surface area contributed by atoms with Crippen LogP contribution in [0.15, 0.2) is 245 Å². The molecule has 0 N–H and O–H groups in total. The van der Waals surface area contributed by atoms with E-state index in [9.17, 15) is 0 Å². The van der Waals surface area contributed by atoms with Crippen molar-refractivity contribution in [3.8, 4) is 89.9 Å². The quantitative estimate of drug-likeness (QED) is 0.152. The van der Waals surface area contributed by atoms with Crippen LogP contribution in [0.2, 0.25) is 0 Å². The van der Waals surface area contributed by atoms with Crippen molar-refractivity contribution in [2.75, 3.05) is 0 Å². The molecule has 0 bridgehead atoms. The van der Waals surface area contributed by atoms with Gasteiger partial charge in [0.1, 0.15) is 22.5 Å². The van der Waals surface area contributed by atoms with Crippen LogP contribution in [0.5, 0.6) is 0 Å². The Labute approximate surface area is 392 Å². The van der Waals surface area contributed by atoms with E-state index in [4.69, 9.17) is 23.8 Å². The molecule has 0 radical (unpaired) electrons. The van der Waals surface area contributed by atoms with Gasteiger partial charge in [0.25, 0.3) is 0 Å². The second-order valence-electron chi connectivity index (χ2n) is 17.1. The average Bonchev–Trinajstić information content (AvgIpc) is 4.02. The molecule has 9 aromatic carbocycles. The predicted octanol–water partition coefficient (Wildman–Crippen LogP) is 17.0. The van der Waals surface area contributed by atoms with E-state index in [1.807, 2.05) is 60.7 Å². The summed E-state index contributed by atoms with van der Waals surface area (Å²) in [6.07, 6.45) is 0. The van der Waals surface area contributed by atoms with Gasteiger partial charge >= 0.3 is 0 Å². The highest BCUT2D eigenvalue weighted by Gasteiger charge is 2.24. The van der Waals surface area contributed by atoms with E-state index < -0.39 is 0 Å². The molecule has 0 unspecified atom stereocenters. The number of hydrogen-bond acceptors (Lipinski definition) is 5. The van der Waals surface area contributed by atoms with E-state index in [-0.39, 0.29) is 0 Å². The minimum atomic E-state index is 0.673. The lowest BCUT2D eigenvalue weighted by Crippen LogP contribution is -1.96. The molecule has 4 heterocycles. The minimum absolute atomic E-state index is 0.673. The number of benzene rings is 9. The molecule has 13 rings (SSSR count). The molecule has 0 spiro atoms. The maximum Gasteiger partial charge on any atom is 0.160 e. The SMILES string of the molecule is c1ccc(-c2nc(-c3ccc(-c4ccc(-c5nc6ccccc6c6oc(-c7ccccc7)c(-c7ccccc7)c56)cc4)cc3)cc(-c3cccc(-c4cccc5oc6ccccc6c45)c3)n2)cc1. The number of fused-ring (bicyclic) bond motifs is 6. The van der Waals surface area contributed by atoms with Gasteiger partial charge in [-0.25, -0.2) is 15.0 Å². The molecule has 5 nitrogen and oxygen atoms in total. The molecule has 0 saturated carbocycles. The van der Waals surface area contributed by atoms with Crippen LogP contribution in [0, 0.1) is 0 Å². The number of para-hydroxylation sites is 2. The minimum Gasteiger partial charge on any atom is -0.456 e. The molecule has 318 valence electrons.